The van der Waals surface area contributed by atoms with E-state index in [1.165, 1.54) is 11.1 Å². The lowest BCUT2D eigenvalue weighted by atomic mass is 9.77. The Morgan fingerprint density at radius 3 is 1.83 bits per heavy atom. The van der Waals surface area contributed by atoms with E-state index in [0.29, 0.717) is 0 Å². The Kier molecular flexibility index (Phi) is 3.66. The number of amides is 1. The molecular formula is C22H19NO. The molecule has 2 heteroatoms. The summed E-state index contributed by atoms with van der Waals surface area (Å²) in [7, 11) is 0. The van der Waals surface area contributed by atoms with Gasteiger partial charge in [0.1, 0.15) is 0 Å². The van der Waals surface area contributed by atoms with Crippen molar-refractivity contribution in [3.05, 3.63) is 102 Å². The number of aryl methyl sites for hydroxylation is 1. The molecule has 118 valence electrons. The van der Waals surface area contributed by atoms with Crippen molar-refractivity contribution in [1.29, 1.82) is 0 Å². The molecule has 0 aliphatic carbocycles. The van der Waals surface area contributed by atoms with Crippen LogP contribution in [0.3, 0.4) is 0 Å². The summed E-state index contributed by atoms with van der Waals surface area (Å²) in [6.07, 6.45) is 0. The van der Waals surface area contributed by atoms with Gasteiger partial charge in [0.05, 0.1) is 12.0 Å². The van der Waals surface area contributed by atoms with Crippen LogP contribution in [0, 0.1) is 6.92 Å². The predicted molar refractivity (Wildman–Crippen MR) is 97.0 cm³/mol. The van der Waals surface area contributed by atoms with Crippen LogP contribution in [0.2, 0.25) is 0 Å². The number of carbonyl (C=O) groups excluding carboxylic acids is 1. The molecule has 1 aliphatic heterocycles. The first-order valence-electron chi connectivity index (χ1n) is 8.25. The van der Waals surface area contributed by atoms with Crippen LogP contribution in [0.5, 0.6) is 0 Å². The second kappa shape index (κ2) is 5.97. The van der Waals surface area contributed by atoms with Crippen LogP contribution in [-0.2, 0) is 4.79 Å². The van der Waals surface area contributed by atoms with Crippen LogP contribution in [0.15, 0.2) is 84.9 Å². The van der Waals surface area contributed by atoms with Gasteiger partial charge in [-0.2, -0.15) is 0 Å². The van der Waals surface area contributed by atoms with Crippen molar-refractivity contribution in [3.63, 3.8) is 0 Å². The van der Waals surface area contributed by atoms with Crippen LogP contribution < -0.4 is 4.90 Å². The van der Waals surface area contributed by atoms with Gasteiger partial charge in [-0.3, -0.25) is 4.79 Å². The molecule has 1 heterocycles. The summed E-state index contributed by atoms with van der Waals surface area (Å²) in [4.78, 5) is 14.9. The molecule has 1 amide bonds. The third kappa shape index (κ3) is 2.41. The molecule has 1 fully saturated rings. The van der Waals surface area contributed by atoms with E-state index in [1.54, 1.807) is 0 Å². The van der Waals surface area contributed by atoms with Gasteiger partial charge in [-0.1, -0.05) is 78.4 Å². The zero-order valence-corrected chi connectivity index (χ0v) is 13.6. The normalized spacial score (nSPS) is 19.9. The maximum absolute atomic E-state index is 13.0. The number of hydrogen-bond acceptors (Lipinski definition) is 1. The molecule has 0 saturated carbocycles. The van der Waals surface area contributed by atoms with Gasteiger partial charge in [0.25, 0.3) is 0 Å². The zero-order chi connectivity index (χ0) is 16.5. The lowest BCUT2D eigenvalue weighted by Crippen LogP contribution is -2.53. The molecule has 3 aromatic rings. The fourth-order valence-electron chi connectivity index (χ4n) is 3.46. The van der Waals surface area contributed by atoms with Gasteiger partial charge in [0.15, 0.2) is 0 Å². The third-order valence-corrected chi connectivity index (χ3v) is 4.71. The van der Waals surface area contributed by atoms with Gasteiger partial charge in [0, 0.05) is 5.69 Å². The number of hydrogen-bond donors (Lipinski definition) is 0. The molecule has 0 N–H and O–H groups in total. The standard InChI is InChI=1S/C22H19NO/c1-16-12-14-19(15-13-16)23-21(18-10-6-3-7-11-18)20(22(23)24)17-8-4-2-5-9-17/h2-15,20-21H,1H3/t20-,21+/m1/s1. The zero-order valence-electron chi connectivity index (χ0n) is 13.6. The highest BCUT2D eigenvalue weighted by molar-refractivity contribution is 6.06. The number of β-lactam (4-membered cyclic amide) rings is 1. The summed E-state index contributed by atoms with van der Waals surface area (Å²) in [5, 5.41) is 0. The van der Waals surface area contributed by atoms with Crippen molar-refractivity contribution in [2.45, 2.75) is 18.9 Å². The Morgan fingerprint density at radius 2 is 1.25 bits per heavy atom. The molecule has 0 radical (unpaired) electrons. The first-order valence-corrected chi connectivity index (χ1v) is 8.25. The minimum atomic E-state index is -0.116. The van der Waals surface area contributed by atoms with Gasteiger partial charge in [-0.15, -0.1) is 0 Å². The first-order chi connectivity index (χ1) is 11.8. The minimum Gasteiger partial charge on any atom is -0.303 e. The SMILES string of the molecule is Cc1ccc(N2C(=O)[C@H](c3ccccc3)[C@@H]2c2ccccc2)cc1. The van der Waals surface area contributed by atoms with E-state index in [0.717, 1.165) is 11.3 Å². The minimum absolute atomic E-state index is 0.0452. The average Bonchev–Trinajstić information content (AvgIpc) is 2.63. The Balaban J connectivity index is 1.77. The molecule has 4 rings (SSSR count). The molecule has 0 unspecified atom stereocenters. The highest BCUT2D eigenvalue weighted by Crippen LogP contribution is 2.48. The van der Waals surface area contributed by atoms with E-state index in [1.807, 2.05) is 65.6 Å². The lowest BCUT2D eigenvalue weighted by molar-refractivity contribution is -0.126. The van der Waals surface area contributed by atoms with Crippen molar-refractivity contribution < 1.29 is 4.79 Å². The molecular weight excluding hydrogens is 294 g/mol. The molecule has 0 bridgehead atoms. The Labute approximate surface area is 142 Å². The molecule has 2 nitrogen and oxygen atoms in total. The van der Waals surface area contributed by atoms with E-state index in [4.69, 9.17) is 0 Å². The number of nitrogens with zero attached hydrogens (tertiary/aromatic N) is 1. The third-order valence-electron chi connectivity index (χ3n) is 4.71. The highest BCUT2D eigenvalue weighted by atomic mass is 16.2. The van der Waals surface area contributed by atoms with Crippen molar-refractivity contribution >= 4 is 11.6 Å². The van der Waals surface area contributed by atoms with Crippen molar-refractivity contribution in [2.75, 3.05) is 4.90 Å². The fraction of sp³-hybridized carbons (Fsp3) is 0.136. The first kappa shape index (κ1) is 14.7. The van der Waals surface area contributed by atoms with Gasteiger partial charge in [-0.25, -0.2) is 0 Å². The maximum atomic E-state index is 13.0. The number of benzene rings is 3. The Bertz CT molecular complexity index is 840. The van der Waals surface area contributed by atoms with E-state index in [9.17, 15) is 4.79 Å². The van der Waals surface area contributed by atoms with E-state index in [-0.39, 0.29) is 17.9 Å². The van der Waals surface area contributed by atoms with Crippen molar-refractivity contribution in [2.24, 2.45) is 0 Å². The van der Waals surface area contributed by atoms with Gasteiger partial charge in [0.2, 0.25) is 5.91 Å². The number of anilines is 1. The smallest absolute Gasteiger partial charge is 0.237 e. The largest absolute Gasteiger partial charge is 0.303 e. The molecule has 0 aromatic heterocycles. The topological polar surface area (TPSA) is 20.3 Å². The summed E-state index contributed by atoms with van der Waals surface area (Å²) >= 11 is 0. The monoisotopic (exact) mass is 313 g/mol. The van der Waals surface area contributed by atoms with Crippen LogP contribution in [0.25, 0.3) is 0 Å². The Hall–Kier alpha value is -2.87. The van der Waals surface area contributed by atoms with Crippen molar-refractivity contribution in [3.8, 4) is 0 Å². The quantitative estimate of drug-likeness (QED) is 0.632. The predicted octanol–water partition coefficient (Wildman–Crippen LogP) is 4.87. The van der Waals surface area contributed by atoms with Crippen LogP contribution in [0.4, 0.5) is 5.69 Å². The molecule has 0 spiro atoms. The van der Waals surface area contributed by atoms with E-state index in [2.05, 4.69) is 31.2 Å². The molecule has 2 atom stereocenters. The lowest BCUT2D eigenvalue weighted by Gasteiger charge is -2.47. The molecule has 1 aliphatic rings. The summed E-state index contributed by atoms with van der Waals surface area (Å²) in [6, 6.07) is 28.6. The van der Waals surface area contributed by atoms with Gasteiger partial charge < -0.3 is 4.90 Å². The number of carbonyl (C=O) groups is 1. The summed E-state index contributed by atoms with van der Waals surface area (Å²) in [5.74, 6) is 0.0498. The highest BCUT2D eigenvalue weighted by Gasteiger charge is 2.49. The van der Waals surface area contributed by atoms with Gasteiger partial charge >= 0.3 is 0 Å². The Morgan fingerprint density at radius 1 is 0.708 bits per heavy atom. The van der Waals surface area contributed by atoms with E-state index >= 15 is 0 Å². The summed E-state index contributed by atoms with van der Waals surface area (Å²) in [6.45, 7) is 2.06. The van der Waals surface area contributed by atoms with Crippen LogP contribution in [-0.4, -0.2) is 5.91 Å². The summed E-state index contributed by atoms with van der Waals surface area (Å²) in [5.41, 5.74) is 4.42. The maximum Gasteiger partial charge on any atom is 0.237 e. The van der Waals surface area contributed by atoms with Gasteiger partial charge in [-0.05, 0) is 30.2 Å². The molecule has 3 aromatic carbocycles. The second-order valence-electron chi connectivity index (χ2n) is 6.29. The summed E-state index contributed by atoms with van der Waals surface area (Å²) < 4.78 is 0. The van der Waals surface area contributed by atoms with Crippen LogP contribution >= 0.6 is 0 Å². The fourth-order valence-corrected chi connectivity index (χ4v) is 3.46. The molecule has 1 saturated heterocycles. The van der Waals surface area contributed by atoms with Crippen LogP contribution in [0.1, 0.15) is 28.7 Å². The van der Waals surface area contributed by atoms with E-state index < -0.39 is 0 Å². The van der Waals surface area contributed by atoms with Crippen molar-refractivity contribution in [1.82, 2.24) is 0 Å². The molecule has 24 heavy (non-hydrogen) atoms. The second-order valence-corrected chi connectivity index (χ2v) is 6.29. The average molecular weight is 313 g/mol. The number of rotatable bonds is 3.